The summed E-state index contributed by atoms with van der Waals surface area (Å²) in [7, 11) is 1.49. The molecular weight excluding hydrogens is 354 g/mol. The molecular formula is C18H23N3O6. The second-order valence-electron chi connectivity index (χ2n) is 6.14. The zero-order valence-corrected chi connectivity index (χ0v) is 15.6. The molecule has 0 atom stereocenters. The predicted molar refractivity (Wildman–Crippen MR) is 96.3 cm³/mol. The van der Waals surface area contributed by atoms with Gasteiger partial charge in [-0.15, -0.1) is 0 Å². The number of urea groups is 1. The maximum atomic E-state index is 12.4. The van der Waals surface area contributed by atoms with Gasteiger partial charge in [0.2, 0.25) is 5.91 Å². The summed E-state index contributed by atoms with van der Waals surface area (Å²) in [4.78, 5) is 50.1. The lowest BCUT2D eigenvalue weighted by Gasteiger charge is -2.15. The van der Waals surface area contributed by atoms with Crippen molar-refractivity contribution in [3.63, 3.8) is 0 Å². The van der Waals surface area contributed by atoms with Gasteiger partial charge in [0.25, 0.3) is 0 Å². The molecule has 1 aliphatic heterocycles. The number of rotatable bonds is 9. The molecule has 0 unspecified atom stereocenters. The van der Waals surface area contributed by atoms with Crippen LogP contribution >= 0.6 is 0 Å². The molecule has 0 spiro atoms. The Bertz CT molecular complexity index is 716. The fourth-order valence-electron chi connectivity index (χ4n) is 2.42. The minimum Gasteiger partial charge on any atom is -0.497 e. The first-order chi connectivity index (χ1) is 12.8. The SMILES string of the molecule is COc1ccc(N2C(=O)C(=O)N(CC(=O)NCCCOC(C)C)C2=O)cc1. The van der Waals surface area contributed by atoms with Crippen molar-refractivity contribution in [2.24, 2.45) is 0 Å². The zero-order chi connectivity index (χ0) is 20.0. The van der Waals surface area contributed by atoms with Gasteiger partial charge >= 0.3 is 17.8 Å². The van der Waals surface area contributed by atoms with Crippen LogP contribution in [0.25, 0.3) is 0 Å². The van der Waals surface area contributed by atoms with Crippen LogP contribution in [0.3, 0.4) is 0 Å². The second-order valence-corrected chi connectivity index (χ2v) is 6.14. The third kappa shape index (κ3) is 5.04. The van der Waals surface area contributed by atoms with Gasteiger partial charge in [0.1, 0.15) is 12.3 Å². The minimum atomic E-state index is -1.03. The van der Waals surface area contributed by atoms with Crippen LogP contribution in [0.2, 0.25) is 0 Å². The first-order valence-corrected chi connectivity index (χ1v) is 8.57. The summed E-state index contributed by atoms with van der Waals surface area (Å²) in [5.41, 5.74) is 0.230. The van der Waals surface area contributed by atoms with E-state index >= 15 is 0 Å². The van der Waals surface area contributed by atoms with E-state index in [0.29, 0.717) is 30.2 Å². The number of carbonyl (C=O) groups is 4. The zero-order valence-electron chi connectivity index (χ0n) is 15.6. The number of methoxy groups -OCH3 is 1. The first kappa shape index (κ1) is 20.4. The third-order valence-corrected chi connectivity index (χ3v) is 3.78. The van der Waals surface area contributed by atoms with E-state index in [1.54, 1.807) is 12.1 Å². The molecule has 0 radical (unpaired) electrons. The first-order valence-electron chi connectivity index (χ1n) is 8.57. The highest BCUT2D eigenvalue weighted by atomic mass is 16.5. The van der Waals surface area contributed by atoms with Crippen LogP contribution in [-0.4, -0.2) is 61.6 Å². The molecule has 1 saturated heterocycles. The lowest BCUT2D eigenvalue weighted by molar-refractivity contribution is -0.140. The van der Waals surface area contributed by atoms with Crippen molar-refractivity contribution in [3.05, 3.63) is 24.3 Å². The molecule has 1 N–H and O–H groups in total. The van der Waals surface area contributed by atoms with Gasteiger partial charge < -0.3 is 14.8 Å². The molecule has 1 fully saturated rings. The minimum absolute atomic E-state index is 0.107. The van der Waals surface area contributed by atoms with Gasteiger partial charge in [-0.2, -0.15) is 0 Å². The van der Waals surface area contributed by atoms with Crippen LogP contribution in [0, 0.1) is 0 Å². The van der Waals surface area contributed by atoms with Crippen LogP contribution in [0.5, 0.6) is 5.75 Å². The van der Waals surface area contributed by atoms with E-state index < -0.39 is 30.3 Å². The molecule has 1 heterocycles. The average Bonchev–Trinajstić information content (AvgIpc) is 2.85. The monoisotopic (exact) mass is 377 g/mol. The molecule has 1 aliphatic rings. The molecule has 0 saturated carbocycles. The molecule has 1 aromatic carbocycles. The molecule has 9 heteroatoms. The van der Waals surface area contributed by atoms with Gasteiger partial charge in [0.05, 0.1) is 18.9 Å². The van der Waals surface area contributed by atoms with Gasteiger partial charge in [0.15, 0.2) is 0 Å². The molecule has 0 bridgehead atoms. The summed E-state index contributed by atoms with van der Waals surface area (Å²) in [5.74, 6) is -2.01. The van der Waals surface area contributed by atoms with Crippen molar-refractivity contribution in [1.82, 2.24) is 10.2 Å². The standard InChI is InChI=1S/C18H23N3O6/c1-12(2)27-10-4-9-19-15(22)11-20-16(23)17(24)21(18(20)25)13-5-7-14(26-3)8-6-13/h5-8,12H,4,9-11H2,1-3H3,(H,19,22). The maximum absolute atomic E-state index is 12.4. The molecule has 2 rings (SSSR count). The summed E-state index contributed by atoms with van der Waals surface area (Å²) in [6, 6.07) is 5.25. The second kappa shape index (κ2) is 9.13. The lowest BCUT2D eigenvalue weighted by Crippen LogP contribution is -2.41. The molecule has 1 aromatic rings. The van der Waals surface area contributed by atoms with Crippen LogP contribution < -0.4 is 15.0 Å². The predicted octanol–water partition coefficient (Wildman–Crippen LogP) is 0.922. The van der Waals surface area contributed by atoms with Crippen molar-refractivity contribution in [3.8, 4) is 5.75 Å². The summed E-state index contributed by atoms with van der Waals surface area (Å²) >= 11 is 0. The molecule has 5 amide bonds. The van der Waals surface area contributed by atoms with E-state index in [-0.39, 0.29) is 11.8 Å². The van der Waals surface area contributed by atoms with Crippen LogP contribution in [0.15, 0.2) is 24.3 Å². The summed E-state index contributed by atoms with van der Waals surface area (Å²) in [5, 5.41) is 2.60. The number of imide groups is 2. The highest BCUT2D eigenvalue weighted by Gasteiger charge is 2.46. The van der Waals surface area contributed by atoms with Crippen molar-refractivity contribution in [1.29, 1.82) is 0 Å². The maximum Gasteiger partial charge on any atom is 0.339 e. The Morgan fingerprint density at radius 2 is 1.78 bits per heavy atom. The van der Waals surface area contributed by atoms with E-state index in [0.717, 1.165) is 4.90 Å². The van der Waals surface area contributed by atoms with Gasteiger partial charge in [-0.05, 0) is 44.5 Å². The van der Waals surface area contributed by atoms with E-state index in [2.05, 4.69) is 5.32 Å². The number of benzene rings is 1. The topological polar surface area (TPSA) is 105 Å². The van der Waals surface area contributed by atoms with Crippen LogP contribution in [0.4, 0.5) is 10.5 Å². The van der Waals surface area contributed by atoms with E-state index in [4.69, 9.17) is 9.47 Å². The van der Waals surface area contributed by atoms with Gasteiger partial charge in [-0.3, -0.25) is 14.4 Å². The van der Waals surface area contributed by atoms with Crippen molar-refractivity contribution in [2.45, 2.75) is 26.4 Å². The van der Waals surface area contributed by atoms with Gasteiger partial charge in [-0.25, -0.2) is 14.6 Å². The van der Waals surface area contributed by atoms with E-state index in [9.17, 15) is 19.2 Å². The summed E-state index contributed by atoms with van der Waals surface area (Å²) in [6.07, 6.45) is 0.707. The normalized spacial score (nSPS) is 14.3. The summed E-state index contributed by atoms with van der Waals surface area (Å²) in [6.45, 7) is 4.14. The number of hydrogen-bond donors (Lipinski definition) is 1. The third-order valence-electron chi connectivity index (χ3n) is 3.78. The Labute approximate surface area is 157 Å². The Kier molecular flexibility index (Phi) is 6.89. The number of ether oxygens (including phenoxy) is 2. The van der Waals surface area contributed by atoms with Crippen molar-refractivity contribution >= 4 is 29.4 Å². The Hall–Kier alpha value is -2.94. The Balaban J connectivity index is 1.93. The van der Waals surface area contributed by atoms with E-state index in [1.807, 2.05) is 13.8 Å². The lowest BCUT2D eigenvalue weighted by atomic mass is 10.3. The molecule has 146 valence electrons. The number of anilines is 1. The molecule has 0 aliphatic carbocycles. The van der Waals surface area contributed by atoms with Crippen LogP contribution in [-0.2, 0) is 19.1 Å². The van der Waals surface area contributed by atoms with Crippen molar-refractivity contribution < 1.29 is 28.7 Å². The summed E-state index contributed by atoms with van der Waals surface area (Å²) < 4.78 is 10.4. The number of hydrogen-bond acceptors (Lipinski definition) is 6. The molecule has 9 nitrogen and oxygen atoms in total. The average molecular weight is 377 g/mol. The molecule has 0 aromatic heterocycles. The Morgan fingerprint density at radius 3 is 2.37 bits per heavy atom. The highest BCUT2D eigenvalue weighted by molar-refractivity contribution is 6.53. The fraction of sp³-hybridized carbons (Fsp3) is 0.444. The van der Waals surface area contributed by atoms with Crippen LogP contribution in [0.1, 0.15) is 20.3 Å². The number of nitrogens with zero attached hydrogens (tertiary/aromatic N) is 2. The highest BCUT2D eigenvalue weighted by Crippen LogP contribution is 2.24. The number of carbonyl (C=O) groups excluding carboxylic acids is 4. The van der Waals surface area contributed by atoms with Crippen molar-refractivity contribution in [2.75, 3.05) is 31.7 Å². The Morgan fingerprint density at radius 1 is 1.11 bits per heavy atom. The molecule has 27 heavy (non-hydrogen) atoms. The van der Waals surface area contributed by atoms with Gasteiger partial charge in [0, 0.05) is 13.2 Å². The largest absolute Gasteiger partial charge is 0.497 e. The number of amides is 5. The van der Waals surface area contributed by atoms with E-state index in [1.165, 1.54) is 19.2 Å². The fourth-order valence-corrected chi connectivity index (χ4v) is 2.42. The smallest absolute Gasteiger partial charge is 0.339 e. The number of nitrogens with one attached hydrogen (secondary N) is 1. The quantitative estimate of drug-likeness (QED) is 0.390. The van der Waals surface area contributed by atoms with Gasteiger partial charge in [-0.1, -0.05) is 0 Å².